The Hall–Kier alpha value is 0.260. The van der Waals surface area contributed by atoms with E-state index in [0.717, 1.165) is 11.6 Å². The van der Waals surface area contributed by atoms with Crippen LogP contribution < -0.4 is 5.32 Å². The molecule has 0 fully saturated rings. The summed E-state index contributed by atoms with van der Waals surface area (Å²) in [7, 11) is 0. The lowest BCUT2D eigenvalue weighted by molar-refractivity contribution is 0.276. The van der Waals surface area contributed by atoms with Gasteiger partial charge >= 0.3 is 0 Å². The van der Waals surface area contributed by atoms with Crippen LogP contribution in [0.15, 0.2) is 11.4 Å². The average molecular weight is 266 g/mol. The van der Waals surface area contributed by atoms with Crippen molar-refractivity contribution in [1.29, 1.82) is 0 Å². The van der Waals surface area contributed by atoms with Crippen molar-refractivity contribution in [2.24, 2.45) is 0 Å². The molecule has 0 saturated heterocycles. The summed E-state index contributed by atoms with van der Waals surface area (Å²) in [5.41, 5.74) is 0. The van der Waals surface area contributed by atoms with E-state index in [1.807, 2.05) is 17.7 Å². The monoisotopic (exact) mass is 265 g/mol. The molecule has 0 aromatic carbocycles. The quantitative estimate of drug-likeness (QED) is 0.829. The molecule has 2 atom stereocenters. The van der Waals surface area contributed by atoms with Crippen molar-refractivity contribution in [3.05, 3.63) is 21.3 Å². The lowest BCUT2D eigenvalue weighted by Gasteiger charge is -2.20. The Morgan fingerprint density at radius 1 is 1.67 bits per heavy atom. The van der Waals surface area contributed by atoms with Crippen molar-refractivity contribution in [1.82, 2.24) is 5.32 Å². The second kappa shape index (κ2) is 6.76. The van der Waals surface area contributed by atoms with E-state index in [0.29, 0.717) is 6.04 Å². The van der Waals surface area contributed by atoms with Crippen LogP contribution in [0.2, 0.25) is 5.02 Å². The van der Waals surface area contributed by atoms with Crippen LogP contribution in [0.25, 0.3) is 0 Å². The molecule has 5 heteroatoms. The molecule has 1 rings (SSSR count). The molecule has 0 aliphatic heterocycles. The van der Waals surface area contributed by atoms with Gasteiger partial charge in [0.15, 0.2) is 0 Å². The molecule has 15 heavy (non-hydrogen) atoms. The fourth-order valence-electron chi connectivity index (χ4n) is 1.28. The van der Waals surface area contributed by atoms with Gasteiger partial charge in [-0.3, -0.25) is 0 Å². The van der Waals surface area contributed by atoms with Gasteiger partial charge in [0.25, 0.3) is 0 Å². The number of thiophene rings is 1. The zero-order chi connectivity index (χ0) is 11.3. The van der Waals surface area contributed by atoms with E-state index in [4.69, 9.17) is 16.7 Å². The van der Waals surface area contributed by atoms with Crippen LogP contribution in [0, 0.1) is 0 Å². The van der Waals surface area contributed by atoms with Crippen molar-refractivity contribution < 1.29 is 5.11 Å². The lowest BCUT2D eigenvalue weighted by atomic mass is 10.2. The Kier molecular flexibility index (Phi) is 6.00. The minimum atomic E-state index is 0.209. The van der Waals surface area contributed by atoms with Crippen LogP contribution in [0.1, 0.15) is 11.8 Å². The first kappa shape index (κ1) is 13.3. The molecular formula is C10H16ClNOS2. The van der Waals surface area contributed by atoms with Gasteiger partial charge in [-0.2, -0.15) is 11.8 Å². The molecule has 0 amide bonds. The molecule has 0 aliphatic carbocycles. The van der Waals surface area contributed by atoms with E-state index in [9.17, 15) is 0 Å². The van der Waals surface area contributed by atoms with Gasteiger partial charge in [0.2, 0.25) is 0 Å². The maximum absolute atomic E-state index is 9.12. The molecular weight excluding hydrogens is 250 g/mol. The Balaban J connectivity index is 2.36. The molecule has 0 radical (unpaired) electrons. The molecule has 0 spiro atoms. The summed E-state index contributed by atoms with van der Waals surface area (Å²) < 4.78 is 0. The van der Waals surface area contributed by atoms with Gasteiger partial charge in [-0.25, -0.2) is 0 Å². The maximum atomic E-state index is 9.12. The SMILES string of the molecule is CSC(CO)C(C)NCc1cc(Cl)cs1. The van der Waals surface area contributed by atoms with E-state index in [2.05, 4.69) is 12.2 Å². The first-order chi connectivity index (χ1) is 7.17. The standard InChI is InChI=1S/C10H16ClNOS2/c1-7(10(5-13)14-2)12-4-9-3-8(11)6-15-9/h3,6-7,10,12-13H,4-5H2,1-2H3. The summed E-state index contributed by atoms with van der Waals surface area (Å²) in [6.45, 7) is 3.11. The minimum absolute atomic E-state index is 0.209. The van der Waals surface area contributed by atoms with Crippen molar-refractivity contribution in [3.8, 4) is 0 Å². The molecule has 86 valence electrons. The number of halogens is 1. The van der Waals surface area contributed by atoms with Crippen LogP contribution in [0.3, 0.4) is 0 Å². The normalized spacial score (nSPS) is 15.2. The van der Waals surface area contributed by atoms with E-state index in [1.165, 1.54) is 4.88 Å². The van der Waals surface area contributed by atoms with Gasteiger partial charge in [-0.05, 0) is 19.2 Å². The van der Waals surface area contributed by atoms with Crippen LogP contribution in [-0.4, -0.2) is 29.3 Å². The number of aliphatic hydroxyl groups is 1. The van der Waals surface area contributed by atoms with Gasteiger partial charge in [0, 0.05) is 28.1 Å². The Morgan fingerprint density at radius 3 is 2.87 bits per heavy atom. The van der Waals surface area contributed by atoms with Crippen molar-refractivity contribution in [2.75, 3.05) is 12.9 Å². The molecule has 2 unspecified atom stereocenters. The fraction of sp³-hybridized carbons (Fsp3) is 0.600. The molecule has 2 N–H and O–H groups in total. The van der Waals surface area contributed by atoms with Gasteiger partial charge in [0.1, 0.15) is 0 Å². The number of hydrogen-bond donors (Lipinski definition) is 2. The highest BCUT2D eigenvalue weighted by atomic mass is 35.5. The number of aliphatic hydroxyl groups excluding tert-OH is 1. The first-order valence-electron chi connectivity index (χ1n) is 4.77. The minimum Gasteiger partial charge on any atom is -0.395 e. The predicted octanol–water partition coefficient (Wildman–Crippen LogP) is 2.60. The summed E-state index contributed by atoms with van der Waals surface area (Å²) in [4.78, 5) is 1.23. The van der Waals surface area contributed by atoms with Crippen LogP contribution >= 0.6 is 34.7 Å². The van der Waals surface area contributed by atoms with Crippen LogP contribution in [0.4, 0.5) is 0 Å². The third-order valence-electron chi connectivity index (χ3n) is 2.26. The second-order valence-corrected chi connectivity index (χ2v) is 5.87. The maximum Gasteiger partial charge on any atom is 0.0564 e. The summed E-state index contributed by atoms with van der Waals surface area (Å²) in [5, 5.41) is 15.5. The Bertz CT molecular complexity index is 289. The lowest BCUT2D eigenvalue weighted by Crippen LogP contribution is -2.36. The fourth-order valence-corrected chi connectivity index (χ4v) is 2.95. The zero-order valence-corrected chi connectivity index (χ0v) is 11.3. The molecule has 0 saturated carbocycles. The third kappa shape index (κ3) is 4.33. The Morgan fingerprint density at radius 2 is 2.40 bits per heavy atom. The number of thioether (sulfide) groups is 1. The summed E-state index contributed by atoms with van der Waals surface area (Å²) in [6, 6.07) is 2.27. The molecule has 1 aromatic heterocycles. The third-order valence-corrected chi connectivity index (χ3v) is 4.71. The topological polar surface area (TPSA) is 32.3 Å². The largest absolute Gasteiger partial charge is 0.395 e. The zero-order valence-electron chi connectivity index (χ0n) is 8.87. The first-order valence-corrected chi connectivity index (χ1v) is 7.32. The summed E-state index contributed by atoms with van der Waals surface area (Å²) in [5.74, 6) is 0. The van der Waals surface area contributed by atoms with Gasteiger partial charge in [-0.15, -0.1) is 11.3 Å². The smallest absolute Gasteiger partial charge is 0.0564 e. The molecule has 0 aliphatic rings. The van der Waals surface area contributed by atoms with Crippen molar-refractivity contribution in [2.45, 2.75) is 24.8 Å². The molecule has 2 nitrogen and oxygen atoms in total. The van der Waals surface area contributed by atoms with Gasteiger partial charge in [-0.1, -0.05) is 11.6 Å². The van der Waals surface area contributed by atoms with E-state index >= 15 is 0 Å². The van der Waals surface area contributed by atoms with Crippen molar-refractivity contribution in [3.63, 3.8) is 0 Å². The highest BCUT2D eigenvalue weighted by Gasteiger charge is 2.14. The highest BCUT2D eigenvalue weighted by molar-refractivity contribution is 7.99. The second-order valence-electron chi connectivity index (χ2n) is 3.36. The molecule has 1 aromatic rings. The van der Waals surface area contributed by atoms with Crippen LogP contribution in [-0.2, 0) is 6.54 Å². The van der Waals surface area contributed by atoms with E-state index < -0.39 is 0 Å². The average Bonchev–Trinajstić information content (AvgIpc) is 2.63. The predicted molar refractivity (Wildman–Crippen MR) is 70.0 cm³/mol. The number of nitrogens with one attached hydrogen (secondary N) is 1. The highest BCUT2D eigenvalue weighted by Crippen LogP contribution is 2.19. The number of rotatable bonds is 6. The summed E-state index contributed by atoms with van der Waals surface area (Å²) in [6.07, 6.45) is 2.01. The van der Waals surface area contributed by atoms with Gasteiger partial charge in [0.05, 0.1) is 11.6 Å². The van der Waals surface area contributed by atoms with E-state index in [-0.39, 0.29) is 11.9 Å². The molecule has 0 bridgehead atoms. The molecule has 1 heterocycles. The van der Waals surface area contributed by atoms with Crippen molar-refractivity contribution >= 4 is 34.7 Å². The Labute approximate surface area is 104 Å². The van der Waals surface area contributed by atoms with E-state index in [1.54, 1.807) is 23.1 Å². The summed E-state index contributed by atoms with van der Waals surface area (Å²) >= 11 is 9.17. The number of hydrogen-bond acceptors (Lipinski definition) is 4. The van der Waals surface area contributed by atoms with Gasteiger partial charge < -0.3 is 10.4 Å². The van der Waals surface area contributed by atoms with Crippen LogP contribution in [0.5, 0.6) is 0 Å².